The van der Waals surface area contributed by atoms with Crippen LogP contribution in [-0.2, 0) is 0 Å². The summed E-state index contributed by atoms with van der Waals surface area (Å²) in [6.07, 6.45) is 7.04. The van der Waals surface area contributed by atoms with E-state index in [2.05, 4.69) is 40.9 Å². The van der Waals surface area contributed by atoms with Gasteiger partial charge in [0.15, 0.2) is 0 Å². The van der Waals surface area contributed by atoms with Crippen LogP contribution in [0.1, 0.15) is 46.0 Å². The molecule has 0 radical (unpaired) electrons. The van der Waals surface area contributed by atoms with Gasteiger partial charge in [0, 0.05) is 38.8 Å². The van der Waals surface area contributed by atoms with E-state index in [1.54, 1.807) is 0 Å². The van der Waals surface area contributed by atoms with Gasteiger partial charge in [0.05, 0.1) is 0 Å². The van der Waals surface area contributed by atoms with Crippen molar-refractivity contribution in [3.05, 3.63) is 0 Å². The van der Waals surface area contributed by atoms with Crippen LogP contribution in [0.2, 0.25) is 0 Å². The highest BCUT2D eigenvalue weighted by Gasteiger charge is 2.20. The van der Waals surface area contributed by atoms with Crippen LogP contribution in [-0.4, -0.2) is 86.7 Å². The Balaban J connectivity index is 1.54. The first-order chi connectivity index (χ1) is 11.1. The second kappa shape index (κ2) is 10.7. The van der Waals surface area contributed by atoms with E-state index in [0.717, 1.165) is 5.92 Å². The van der Waals surface area contributed by atoms with E-state index in [4.69, 9.17) is 0 Å². The van der Waals surface area contributed by atoms with Crippen LogP contribution < -0.4 is 5.32 Å². The molecule has 0 aromatic carbocycles. The fourth-order valence-corrected chi connectivity index (χ4v) is 3.80. The summed E-state index contributed by atoms with van der Waals surface area (Å²) in [4.78, 5) is 7.77. The van der Waals surface area contributed by atoms with Crippen molar-refractivity contribution in [3.8, 4) is 0 Å². The highest BCUT2D eigenvalue weighted by Crippen LogP contribution is 2.15. The van der Waals surface area contributed by atoms with Gasteiger partial charge in [-0.2, -0.15) is 0 Å². The highest BCUT2D eigenvalue weighted by atomic mass is 15.2. The Labute approximate surface area is 144 Å². The fourth-order valence-electron chi connectivity index (χ4n) is 3.80. The fraction of sp³-hybridized carbons (Fsp3) is 1.00. The van der Waals surface area contributed by atoms with E-state index in [1.807, 2.05) is 0 Å². The van der Waals surface area contributed by atoms with Crippen molar-refractivity contribution < 1.29 is 0 Å². The molecule has 0 bridgehead atoms. The summed E-state index contributed by atoms with van der Waals surface area (Å²) in [7, 11) is 2.24. The van der Waals surface area contributed by atoms with Crippen LogP contribution in [0.4, 0.5) is 0 Å². The molecule has 0 aromatic heterocycles. The number of rotatable bonds is 9. The van der Waals surface area contributed by atoms with Gasteiger partial charge in [0.1, 0.15) is 0 Å². The molecule has 2 aliphatic heterocycles. The summed E-state index contributed by atoms with van der Waals surface area (Å²) in [5.41, 5.74) is 0. The lowest BCUT2D eigenvalue weighted by molar-refractivity contribution is 0.145. The normalized spacial score (nSPS) is 24.7. The highest BCUT2D eigenvalue weighted by molar-refractivity contribution is 4.76. The van der Waals surface area contributed by atoms with Crippen LogP contribution in [0.3, 0.4) is 0 Å². The largest absolute Gasteiger partial charge is 0.315 e. The molecule has 1 unspecified atom stereocenters. The monoisotopic (exact) mass is 324 g/mol. The van der Waals surface area contributed by atoms with Crippen molar-refractivity contribution in [2.75, 3.05) is 66.0 Å². The SMILES string of the molecule is CC(C)N(C)CCN1CCCC(CNCCN2CCCCC2)C1. The van der Waals surface area contributed by atoms with Crippen LogP contribution >= 0.6 is 0 Å². The Hall–Kier alpha value is -0.160. The average Bonchev–Trinajstić information content (AvgIpc) is 2.58. The summed E-state index contributed by atoms with van der Waals surface area (Å²) in [6.45, 7) is 15.9. The maximum atomic E-state index is 3.73. The van der Waals surface area contributed by atoms with Crippen molar-refractivity contribution >= 4 is 0 Å². The molecule has 23 heavy (non-hydrogen) atoms. The van der Waals surface area contributed by atoms with Crippen molar-refractivity contribution in [1.29, 1.82) is 0 Å². The van der Waals surface area contributed by atoms with Crippen LogP contribution in [0.25, 0.3) is 0 Å². The van der Waals surface area contributed by atoms with Crippen molar-refractivity contribution in [2.24, 2.45) is 5.92 Å². The maximum absolute atomic E-state index is 3.73. The van der Waals surface area contributed by atoms with Gasteiger partial charge in [-0.15, -0.1) is 0 Å². The lowest BCUT2D eigenvalue weighted by Gasteiger charge is -2.34. The number of hydrogen-bond acceptors (Lipinski definition) is 4. The molecule has 0 spiro atoms. The summed E-state index contributed by atoms with van der Waals surface area (Å²) in [6, 6.07) is 0.659. The molecule has 2 rings (SSSR count). The van der Waals surface area contributed by atoms with E-state index in [-0.39, 0.29) is 0 Å². The predicted molar refractivity (Wildman–Crippen MR) is 100 cm³/mol. The van der Waals surface area contributed by atoms with Gasteiger partial charge in [-0.25, -0.2) is 0 Å². The van der Waals surface area contributed by atoms with Crippen LogP contribution in [0.15, 0.2) is 0 Å². The van der Waals surface area contributed by atoms with Gasteiger partial charge >= 0.3 is 0 Å². The first kappa shape index (κ1) is 19.2. The molecule has 0 aliphatic carbocycles. The topological polar surface area (TPSA) is 21.8 Å². The van der Waals surface area contributed by atoms with E-state index >= 15 is 0 Å². The average molecular weight is 325 g/mol. The number of likely N-dealkylation sites (tertiary alicyclic amines) is 2. The number of nitrogens with one attached hydrogen (secondary N) is 1. The Morgan fingerprint density at radius 2 is 1.74 bits per heavy atom. The van der Waals surface area contributed by atoms with Crippen LogP contribution in [0.5, 0.6) is 0 Å². The lowest BCUT2D eigenvalue weighted by atomic mass is 9.98. The molecule has 0 aromatic rings. The molecule has 2 heterocycles. The van der Waals surface area contributed by atoms with E-state index in [9.17, 15) is 0 Å². The smallest absolute Gasteiger partial charge is 0.0109 e. The molecule has 136 valence electrons. The minimum atomic E-state index is 0.659. The van der Waals surface area contributed by atoms with Crippen molar-refractivity contribution in [3.63, 3.8) is 0 Å². The predicted octanol–water partition coefficient (Wildman–Crippen LogP) is 2.11. The van der Waals surface area contributed by atoms with Gasteiger partial charge in [0.2, 0.25) is 0 Å². The lowest BCUT2D eigenvalue weighted by Crippen LogP contribution is -2.44. The maximum Gasteiger partial charge on any atom is 0.0109 e. The third-order valence-corrected chi connectivity index (χ3v) is 5.74. The zero-order valence-corrected chi connectivity index (χ0v) is 15.9. The molecule has 0 amide bonds. The van der Waals surface area contributed by atoms with Gasteiger partial charge in [0.25, 0.3) is 0 Å². The Morgan fingerprint density at radius 1 is 1.00 bits per heavy atom. The number of piperidine rings is 2. The van der Waals surface area contributed by atoms with Gasteiger partial charge in [-0.05, 0) is 78.7 Å². The zero-order chi connectivity index (χ0) is 16.5. The number of hydrogen-bond donors (Lipinski definition) is 1. The number of likely N-dealkylation sites (N-methyl/N-ethyl adjacent to an activating group) is 1. The Bertz CT molecular complexity index is 302. The third kappa shape index (κ3) is 7.51. The molecular weight excluding hydrogens is 284 g/mol. The van der Waals surface area contributed by atoms with Crippen LogP contribution in [0, 0.1) is 5.92 Å². The van der Waals surface area contributed by atoms with Gasteiger partial charge in [-0.1, -0.05) is 6.42 Å². The quantitative estimate of drug-likeness (QED) is 0.656. The first-order valence-electron chi connectivity index (χ1n) is 10.0. The van der Waals surface area contributed by atoms with Crippen molar-refractivity contribution in [1.82, 2.24) is 20.0 Å². The van der Waals surface area contributed by atoms with Crippen molar-refractivity contribution in [2.45, 2.75) is 52.0 Å². The zero-order valence-electron chi connectivity index (χ0n) is 15.9. The number of nitrogens with zero attached hydrogens (tertiary/aromatic N) is 3. The second-order valence-corrected chi connectivity index (χ2v) is 7.99. The minimum absolute atomic E-state index is 0.659. The second-order valence-electron chi connectivity index (χ2n) is 7.99. The molecular formula is C19H40N4. The molecule has 0 saturated carbocycles. The summed E-state index contributed by atoms with van der Waals surface area (Å²) >= 11 is 0. The van der Waals surface area contributed by atoms with Gasteiger partial charge < -0.3 is 20.0 Å². The summed E-state index contributed by atoms with van der Waals surface area (Å²) in [5.74, 6) is 0.856. The molecule has 1 N–H and O–H groups in total. The van der Waals surface area contributed by atoms with Gasteiger partial charge in [-0.3, -0.25) is 0 Å². The molecule has 2 fully saturated rings. The molecule has 4 heteroatoms. The van der Waals surface area contributed by atoms with E-state index < -0.39 is 0 Å². The van der Waals surface area contributed by atoms with E-state index in [0.29, 0.717) is 6.04 Å². The third-order valence-electron chi connectivity index (χ3n) is 5.74. The standard InChI is InChI=1S/C19H40N4/c1-18(2)21(3)14-15-23-12-7-8-19(17-23)16-20-9-13-22-10-5-4-6-11-22/h18-20H,4-17H2,1-3H3. The molecule has 1 atom stereocenters. The Morgan fingerprint density at radius 3 is 2.48 bits per heavy atom. The Kier molecular flexibility index (Phi) is 8.88. The summed E-state index contributed by atoms with van der Waals surface area (Å²) < 4.78 is 0. The molecule has 2 aliphatic rings. The summed E-state index contributed by atoms with van der Waals surface area (Å²) in [5, 5.41) is 3.73. The molecule has 4 nitrogen and oxygen atoms in total. The molecule has 2 saturated heterocycles. The van der Waals surface area contributed by atoms with E-state index in [1.165, 1.54) is 91.0 Å². The minimum Gasteiger partial charge on any atom is -0.315 e. The first-order valence-corrected chi connectivity index (χ1v) is 10.0.